The van der Waals surface area contributed by atoms with Gasteiger partial charge in [-0.2, -0.15) is 0 Å². The van der Waals surface area contributed by atoms with Crippen LogP contribution in [0.3, 0.4) is 0 Å². The molecule has 2 aliphatic rings. The summed E-state index contributed by atoms with van der Waals surface area (Å²) < 4.78 is 5.63. The molecule has 3 heterocycles. The van der Waals surface area contributed by atoms with Crippen molar-refractivity contribution < 1.29 is 20.1 Å². The number of rotatable bonds is 1. The van der Waals surface area contributed by atoms with E-state index in [0.717, 1.165) is 39.8 Å². The van der Waals surface area contributed by atoms with Gasteiger partial charge in [0.1, 0.15) is 18.3 Å². The van der Waals surface area contributed by atoms with Crippen LogP contribution >= 0.6 is 0 Å². The zero-order valence-electron chi connectivity index (χ0n) is 13.8. The first kappa shape index (κ1) is 15.8. The molecule has 0 spiro atoms. The second-order valence-corrected chi connectivity index (χ2v) is 6.79. The van der Waals surface area contributed by atoms with Crippen molar-refractivity contribution in [3.05, 3.63) is 35.0 Å². The number of aryl methyl sites for hydroxylation is 2. The first-order valence-corrected chi connectivity index (χ1v) is 8.29. The van der Waals surface area contributed by atoms with Crippen molar-refractivity contribution >= 4 is 16.6 Å². The molecule has 0 amide bonds. The van der Waals surface area contributed by atoms with Crippen LogP contribution in [0.15, 0.2) is 18.2 Å². The van der Waals surface area contributed by atoms with Crippen molar-refractivity contribution in [2.75, 3.05) is 18.1 Å². The van der Waals surface area contributed by atoms with E-state index < -0.39 is 24.5 Å². The maximum absolute atomic E-state index is 10.3. The van der Waals surface area contributed by atoms with Gasteiger partial charge >= 0.3 is 0 Å². The minimum atomic E-state index is -1.20. The standard InChI is InChI=1S/C18H22N2O4/c1-9-5-10(2)19-13-6-11-3-4-20(14(11)7-12(9)13)18-17(23)16(22)15(21)8-24-18/h5-7,15-18,21-23H,3-4,8H2,1-2H3/t15-,16-,17+,18?/m1/s1. The number of anilines is 1. The molecule has 1 saturated heterocycles. The topological polar surface area (TPSA) is 86.1 Å². The Kier molecular flexibility index (Phi) is 3.73. The van der Waals surface area contributed by atoms with Gasteiger partial charge in [0, 0.05) is 23.3 Å². The molecule has 0 saturated carbocycles. The van der Waals surface area contributed by atoms with Gasteiger partial charge in [-0.25, -0.2) is 0 Å². The molecule has 6 heteroatoms. The Labute approximate surface area is 140 Å². The molecule has 6 nitrogen and oxygen atoms in total. The molecule has 1 fully saturated rings. The van der Waals surface area contributed by atoms with Crippen molar-refractivity contribution in [3.8, 4) is 0 Å². The Morgan fingerprint density at radius 2 is 1.92 bits per heavy atom. The van der Waals surface area contributed by atoms with Crippen LogP contribution in [0.25, 0.3) is 10.9 Å². The van der Waals surface area contributed by atoms with Crippen molar-refractivity contribution in [1.29, 1.82) is 0 Å². The van der Waals surface area contributed by atoms with Crippen molar-refractivity contribution in [2.24, 2.45) is 0 Å². The fourth-order valence-electron chi connectivity index (χ4n) is 3.80. The molecule has 2 aromatic rings. The van der Waals surface area contributed by atoms with Crippen LogP contribution in [0, 0.1) is 13.8 Å². The van der Waals surface area contributed by atoms with Gasteiger partial charge in [-0.3, -0.25) is 4.98 Å². The Morgan fingerprint density at radius 1 is 1.12 bits per heavy atom. The molecule has 2 aliphatic heterocycles. The highest BCUT2D eigenvalue weighted by Gasteiger charge is 2.42. The fraction of sp³-hybridized carbons (Fsp3) is 0.500. The first-order valence-electron chi connectivity index (χ1n) is 8.29. The summed E-state index contributed by atoms with van der Waals surface area (Å²) in [4.78, 5) is 6.60. The van der Waals surface area contributed by atoms with Gasteiger partial charge in [0.15, 0.2) is 6.23 Å². The van der Waals surface area contributed by atoms with Crippen molar-refractivity contribution in [2.45, 2.75) is 44.8 Å². The van der Waals surface area contributed by atoms with Gasteiger partial charge in [-0.05, 0) is 49.6 Å². The van der Waals surface area contributed by atoms with E-state index in [2.05, 4.69) is 30.1 Å². The largest absolute Gasteiger partial charge is 0.388 e. The van der Waals surface area contributed by atoms with Gasteiger partial charge < -0.3 is 25.0 Å². The molecule has 0 aliphatic carbocycles. The molecule has 1 aromatic heterocycles. The minimum Gasteiger partial charge on any atom is -0.388 e. The number of aliphatic hydroxyl groups excluding tert-OH is 3. The Morgan fingerprint density at radius 3 is 2.71 bits per heavy atom. The summed E-state index contributed by atoms with van der Waals surface area (Å²) in [7, 11) is 0. The lowest BCUT2D eigenvalue weighted by molar-refractivity contribution is -0.186. The lowest BCUT2D eigenvalue weighted by Crippen LogP contribution is -2.58. The third kappa shape index (κ3) is 2.38. The Balaban J connectivity index is 1.75. The molecule has 0 bridgehead atoms. The predicted molar refractivity (Wildman–Crippen MR) is 90.0 cm³/mol. The lowest BCUT2D eigenvalue weighted by Gasteiger charge is -2.40. The van der Waals surface area contributed by atoms with Crippen LogP contribution in [0.4, 0.5) is 5.69 Å². The van der Waals surface area contributed by atoms with Gasteiger partial charge in [0.25, 0.3) is 0 Å². The van der Waals surface area contributed by atoms with E-state index in [0.29, 0.717) is 6.54 Å². The number of hydrogen-bond donors (Lipinski definition) is 3. The van der Waals surface area contributed by atoms with E-state index in [9.17, 15) is 15.3 Å². The van der Waals surface area contributed by atoms with Crippen LogP contribution in [0.2, 0.25) is 0 Å². The number of ether oxygens (including phenoxy) is 1. The number of pyridine rings is 1. The molecule has 24 heavy (non-hydrogen) atoms. The Hall–Kier alpha value is -1.73. The van der Waals surface area contributed by atoms with Gasteiger partial charge in [0.2, 0.25) is 0 Å². The second kappa shape index (κ2) is 5.67. The summed E-state index contributed by atoms with van der Waals surface area (Å²) >= 11 is 0. The van der Waals surface area contributed by atoms with E-state index in [1.54, 1.807) is 0 Å². The second-order valence-electron chi connectivity index (χ2n) is 6.79. The fourth-order valence-corrected chi connectivity index (χ4v) is 3.80. The lowest BCUT2D eigenvalue weighted by atomic mass is 10.0. The van der Waals surface area contributed by atoms with Crippen molar-refractivity contribution in [3.63, 3.8) is 0 Å². The molecule has 4 rings (SSSR count). The molecular weight excluding hydrogens is 308 g/mol. The Bertz CT molecular complexity index is 794. The maximum atomic E-state index is 10.3. The average molecular weight is 330 g/mol. The molecule has 4 atom stereocenters. The SMILES string of the molecule is Cc1cc(C)c2cc3c(cc2n1)CCN3C1OC[C@@H](O)[C@@H](O)[C@@H]1O. The van der Waals surface area contributed by atoms with Crippen LogP contribution in [-0.2, 0) is 11.2 Å². The minimum absolute atomic E-state index is 0.0160. The smallest absolute Gasteiger partial charge is 0.159 e. The number of aromatic nitrogens is 1. The molecule has 1 aromatic carbocycles. The zero-order chi connectivity index (χ0) is 17.0. The predicted octanol–water partition coefficient (Wildman–Crippen LogP) is 0.653. The number of hydrogen-bond acceptors (Lipinski definition) is 6. The first-order chi connectivity index (χ1) is 11.5. The average Bonchev–Trinajstić information content (AvgIpc) is 2.94. The summed E-state index contributed by atoms with van der Waals surface area (Å²) in [5.41, 5.74) is 5.31. The number of aliphatic hydroxyl groups is 3. The summed E-state index contributed by atoms with van der Waals surface area (Å²) in [6.07, 6.45) is -3.21. The summed E-state index contributed by atoms with van der Waals surface area (Å²) in [6, 6.07) is 6.25. The van der Waals surface area contributed by atoms with E-state index in [-0.39, 0.29) is 6.61 Å². The van der Waals surface area contributed by atoms with Crippen LogP contribution < -0.4 is 4.90 Å². The van der Waals surface area contributed by atoms with Gasteiger partial charge in [-0.1, -0.05) is 0 Å². The number of benzene rings is 1. The third-order valence-electron chi connectivity index (χ3n) is 5.06. The molecule has 0 radical (unpaired) electrons. The van der Waals surface area contributed by atoms with Gasteiger partial charge in [-0.15, -0.1) is 0 Å². The molecule has 3 N–H and O–H groups in total. The van der Waals surface area contributed by atoms with E-state index in [4.69, 9.17) is 4.74 Å². The summed E-state index contributed by atoms with van der Waals surface area (Å²) in [5.74, 6) is 0. The van der Waals surface area contributed by atoms with Gasteiger partial charge in [0.05, 0.1) is 12.1 Å². The zero-order valence-corrected chi connectivity index (χ0v) is 13.8. The molecular formula is C18H22N2O4. The molecule has 1 unspecified atom stereocenters. The highest BCUT2D eigenvalue weighted by molar-refractivity contribution is 5.88. The monoisotopic (exact) mass is 330 g/mol. The van der Waals surface area contributed by atoms with E-state index in [1.807, 2.05) is 11.8 Å². The van der Waals surface area contributed by atoms with Crippen molar-refractivity contribution in [1.82, 2.24) is 4.98 Å². The third-order valence-corrected chi connectivity index (χ3v) is 5.06. The number of nitrogens with zero attached hydrogens (tertiary/aromatic N) is 2. The number of fused-ring (bicyclic) bond motifs is 2. The highest BCUT2D eigenvalue weighted by atomic mass is 16.5. The van der Waals surface area contributed by atoms with Crippen LogP contribution in [0.1, 0.15) is 16.8 Å². The summed E-state index contributed by atoms with van der Waals surface area (Å²) in [6.45, 7) is 4.77. The normalized spacial score (nSPS) is 30.0. The van der Waals surface area contributed by atoms with E-state index in [1.165, 1.54) is 0 Å². The maximum Gasteiger partial charge on any atom is 0.159 e. The summed E-state index contributed by atoms with van der Waals surface area (Å²) in [5, 5.41) is 31.0. The molecule has 128 valence electrons. The van der Waals surface area contributed by atoms with Crippen LogP contribution in [-0.4, -0.2) is 58.0 Å². The highest BCUT2D eigenvalue weighted by Crippen LogP contribution is 2.36. The quantitative estimate of drug-likeness (QED) is 0.712. The van der Waals surface area contributed by atoms with Crippen LogP contribution in [0.5, 0.6) is 0 Å². The van der Waals surface area contributed by atoms with E-state index >= 15 is 0 Å².